The first-order chi connectivity index (χ1) is 12.7. The number of esters is 1. The number of aliphatic carboxylic acids is 1. The van der Waals surface area contributed by atoms with Crippen molar-refractivity contribution in [2.24, 2.45) is 11.3 Å². The summed E-state index contributed by atoms with van der Waals surface area (Å²) in [4.78, 5) is 38.0. The van der Waals surface area contributed by atoms with Crippen molar-refractivity contribution in [3.05, 3.63) is 12.4 Å². The van der Waals surface area contributed by atoms with Gasteiger partial charge in [-0.1, -0.05) is 6.42 Å². The smallest absolute Gasteiger partial charge is 0.333 e. The van der Waals surface area contributed by atoms with Gasteiger partial charge in [-0.15, -0.1) is 0 Å². The highest BCUT2D eigenvalue weighted by Gasteiger charge is 2.55. The molecule has 0 bridgehead atoms. The molecule has 27 heavy (non-hydrogen) atoms. The minimum absolute atomic E-state index is 0.00576. The maximum absolute atomic E-state index is 12.6. The summed E-state index contributed by atoms with van der Waals surface area (Å²) in [5, 5.41) is 16.5. The van der Waals surface area contributed by atoms with Crippen LogP contribution in [0.4, 0.5) is 10.5 Å². The summed E-state index contributed by atoms with van der Waals surface area (Å²) in [6.45, 7) is 6.04. The number of likely N-dealkylation sites (tertiary alicyclic amines) is 1. The van der Waals surface area contributed by atoms with E-state index in [1.165, 1.54) is 10.9 Å². The van der Waals surface area contributed by atoms with Gasteiger partial charge in [0.2, 0.25) is 0 Å². The minimum Gasteiger partial charge on any atom is -0.481 e. The van der Waals surface area contributed by atoms with Crippen LogP contribution in [0.15, 0.2) is 12.4 Å². The zero-order valence-corrected chi connectivity index (χ0v) is 15.9. The van der Waals surface area contributed by atoms with Crippen LogP contribution in [0, 0.1) is 11.3 Å². The van der Waals surface area contributed by atoms with E-state index < -0.39 is 22.9 Å². The second-order valence-electron chi connectivity index (χ2n) is 7.81. The number of carbonyl (C=O) groups excluding carboxylic acids is 2. The number of nitrogens with zero attached hydrogens (tertiary/aromatic N) is 3. The number of nitrogens with one attached hydrogen (secondary N) is 1. The molecular weight excluding hydrogens is 352 g/mol. The van der Waals surface area contributed by atoms with Crippen LogP contribution >= 0.6 is 0 Å². The first-order valence-corrected chi connectivity index (χ1v) is 9.22. The molecule has 2 aliphatic rings. The number of ether oxygens (including phenoxy) is 1. The second-order valence-corrected chi connectivity index (χ2v) is 7.81. The van der Waals surface area contributed by atoms with E-state index in [4.69, 9.17) is 4.74 Å². The summed E-state index contributed by atoms with van der Waals surface area (Å²) < 4.78 is 6.50. The van der Waals surface area contributed by atoms with Gasteiger partial charge >= 0.3 is 18.0 Å². The maximum atomic E-state index is 12.6. The third kappa shape index (κ3) is 3.26. The van der Waals surface area contributed by atoms with Gasteiger partial charge < -0.3 is 20.1 Å². The van der Waals surface area contributed by atoms with Crippen molar-refractivity contribution in [3.8, 4) is 0 Å². The van der Waals surface area contributed by atoms with Crippen LogP contribution in [-0.4, -0.2) is 57.5 Å². The lowest BCUT2D eigenvalue weighted by Crippen LogP contribution is -2.39. The van der Waals surface area contributed by atoms with Gasteiger partial charge in [-0.05, 0) is 39.5 Å². The zero-order chi connectivity index (χ0) is 19.8. The van der Waals surface area contributed by atoms with E-state index in [-0.39, 0.29) is 25.1 Å². The normalized spacial score (nSPS) is 24.6. The summed E-state index contributed by atoms with van der Waals surface area (Å²) in [5.41, 5.74) is -1.37. The topological polar surface area (TPSA) is 114 Å². The Bertz CT molecular complexity index is 759. The Balaban J connectivity index is 1.67. The lowest BCUT2D eigenvalue weighted by atomic mass is 9.81. The molecule has 1 aliphatic carbocycles. The van der Waals surface area contributed by atoms with Crippen molar-refractivity contribution in [1.82, 2.24) is 14.7 Å². The van der Waals surface area contributed by atoms with Gasteiger partial charge in [0.15, 0.2) is 5.54 Å². The average molecular weight is 378 g/mol. The number of fused-ring (bicyclic) bond motifs is 1. The number of hydrogen-bond donors (Lipinski definition) is 2. The molecule has 2 N–H and O–H groups in total. The van der Waals surface area contributed by atoms with E-state index in [0.29, 0.717) is 18.7 Å². The van der Waals surface area contributed by atoms with Crippen LogP contribution < -0.4 is 5.32 Å². The highest BCUT2D eigenvalue weighted by atomic mass is 16.5. The molecular formula is C18H26N4O5. The molecule has 0 spiro atoms. The van der Waals surface area contributed by atoms with Crippen molar-refractivity contribution in [2.45, 2.75) is 45.6 Å². The standard InChI is InChI=1S/C18H26N4O5/c1-4-27-15(25)17(2,3)22-10-13(8-19-22)20-16(26)21-9-12-6-5-7-18(12,11-21)14(23)24/h8,10,12H,4-7,9,11H2,1-3H3,(H,20,26)(H,23,24)/t12-,18+/m0/s1. The van der Waals surface area contributed by atoms with Crippen LogP contribution in [0.5, 0.6) is 0 Å². The first kappa shape index (κ1) is 19.2. The van der Waals surface area contributed by atoms with Gasteiger partial charge in [-0.2, -0.15) is 5.10 Å². The molecule has 2 heterocycles. The molecule has 1 aromatic heterocycles. The predicted octanol–water partition coefficient (Wildman–Crippen LogP) is 1.90. The van der Waals surface area contributed by atoms with Crippen LogP contribution in [0.3, 0.4) is 0 Å². The fourth-order valence-corrected chi connectivity index (χ4v) is 4.09. The number of carbonyl (C=O) groups is 3. The van der Waals surface area contributed by atoms with E-state index in [1.807, 2.05) is 0 Å². The van der Waals surface area contributed by atoms with Gasteiger partial charge in [0.05, 0.1) is 23.9 Å². The Morgan fingerprint density at radius 3 is 2.81 bits per heavy atom. The summed E-state index contributed by atoms with van der Waals surface area (Å²) in [6, 6.07) is -0.349. The fourth-order valence-electron chi connectivity index (χ4n) is 4.09. The van der Waals surface area contributed by atoms with Gasteiger partial charge in [0.25, 0.3) is 0 Å². The molecule has 3 rings (SSSR count). The third-order valence-electron chi connectivity index (χ3n) is 5.77. The molecule has 9 nitrogen and oxygen atoms in total. The number of carboxylic acid groups (broad SMARTS) is 1. The van der Waals surface area contributed by atoms with Gasteiger partial charge in [-0.3, -0.25) is 9.48 Å². The molecule has 9 heteroatoms. The lowest BCUT2D eigenvalue weighted by Gasteiger charge is -2.23. The van der Waals surface area contributed by atoms with Crippen molar-refractivity contribution in [3.63, 3.8) is 0 Å². The van der Waals surface area contributed by atoms with Gasteiger partial charge in [0, 0.05) is 19.3 Å². The fraction of sp³-hybridized carbons (Fsp3) is 0.667. The van der Waals surface area contributed by atoms with Crippen LogP contribution in [0.25, 0.3) is 0 Å². The van der Waals surface area contributed by atoms with Crippen LogP contribution in [-0.2, 0) is 19.9 Å². The Hall–Kier alpha value is -2.58. The molecule has 1 saturated carbocycles. The molecule has 0 radical (unpaired) electrons. The van der Waals surface area contributed by atoms with Crippen molar-refractivity contribution in [2.75, 3.05) is 25.0 Å². The highest BCUT2D eigenvalue weighted by Crippen LogP contribution is 2.48. The van der Waals surface area contributed by atoms with E-state index in [2.05, 4.69) is 10.4 Å². The van der Waals surface area contributed by atoms with Gasteiger partial charge in [-0.25, -0.2) is 9.59 Å². The largest absolute Gasteiger partial charge is 0.481 e. The number of anilines is 1. The minimum atomic E-state index is -1.00. The SMILES string of the molecule is CCOC(=O)C(C)(C)n1cc(NC(=O)N2C[C@@H]3CCC[C@@]3(C(=O)O)C2)cn1. The van der Waals surface area contributed by atoms with Crippen LogP contribution in [0.1, 0.15) is 40.0 Å². The molecule has 1 saturated heterocycles. The number of amides is 2. The second kappa shape index (κ2) is 6.86. The summed E-state index contributed by atoms with van der Waals surface area (Å²) in [5.74, 6) is -1.22. The maximum Gasteiger partial charge on any atom is 0.333 e. The predicted molar refractivity (Wildman–Crippen MR) is 96.2 cm³/mol. The third-order valence-corrected chi connectivity index (χ3v) is 5.77. The lowest BCUT2D eigenvalue weighted by molar-refractivity contribution is -0.152. The molecule has 1 aliphatic heterocycles. The Morgan fingerprint density at radius 1 is 1.44 bits per heavy atom. The summed E-state index contributed by atoms with van der Waals surface area (Å²) >= 11 is 0. The zero-order valence-electron chi connectivity index (χ0n) is 15.9. The van der Waals surface area contributed by atoms with E-state index in [1.54, 1.807) is 31.9 Å². The molecule has 2 fully saturated rings. The number of rotatable bonds is 5. The van der Waals surface area contributed by atoms with Crippen molar-refractivity contribution < 1.29 is 24.2 Å². The van der Waals surface area contributed by atoms with E-state index >= 15 is 0 Å². The quantitative estimate of drug-likeness (QED) is 0.757. The van der Waals surface area contributed by atoms with Crippen LogP contribution in [0.2, 0.25) is 0 Å². The molecule has 148 valence electrons. The summed E-state index contributed by atoms with van der Waals surface area (Å²) in [7, 11) is 0. The molecule has 1 aromatic rings. The van der Waals surface area contributed by atoms with Gasteiger partial charge in [0.1, 0.15) is 0 Å². The molecule has 0 aromatic carbocycles. The monoisotopic (exact) mass is 378 g/mol. The van der Waals surface area contributed by atoms with E-state index in [9.17, 15) is 19.5 Å². The Kier molecular flexibility index (Phi) is 4.88. The van der Waals surface area contributed by atoms with E-state index in [0.717, 1.165) is 12.8 Å². The number of hydrogen-bond acceptors (Lipinski definition) is 5. The first-order valence-electron chi connectivity index (χ1n) is 9.22. The highest BCUT2D eigenvalue weighted by molar-refractivity contribution is 5.90. The average Bonchev–Trinajstić information content (AvgIpc) is 3.28. The Labute approximate surface area is 157 Å². The number of carboxylic acids is 1. The Morgan fingerprint density at radius 2 is 2.19 bits per heavy atom. The van der Waals surface area contributed by atoms with Crippen molar-refractivity contribution >= 4 is 23.7 Å². The van der Waals surface area contributed by atoms with Crippen molar-refractivity contribution in [1.29, 1.82) is 0 Å². The molecule has 2 amide bonds. The molecule has 0 unspecified atom stereocenters. The number of aromatic nitrogens is 2. The summed E-state index contributed by atoms with van der Waals surface area (Å²) in [6.07, 6.45) is 5.37. The molecule has 2 atom stereocenters. The number of urea groups is 1.